The highest BCUT2D eigenvalue weighted by Gasteiger charge is 2.23. The highest BCUT2D eigenvalue weighted by molar-refractivity contribution is 9.10. The number of ether oxygens (including phenoxy) is 1. The maximum Gasteiger partial charge on any atom is 0.266 e. The van der Waals surface area contributed by atoms with Gasteiger partial charge in [0.1, 0.15) is 10.7 Å². The van der Waals surface area contributed by atoms with Crippen molar-refractivity contribution >= 4 is 31.6 Å². The highest BCUT2D eigenvalue weighted by atomic mass is 79.9. The average molecular weight is 375 g/mol. The first kappa shape index (κ1) is 16.0. The number of furan rings is 1. The van der Waals surface area contributed by atoms with Crippen molar-refractivity contribution in [1.29, 1.82) is 0 Å². The number of hydrogen-bond acceptors (Lipinski definition) is 5. The molecule has 6 nitrogen and oxygen atoms in total. The normalized spacial score (nSPS) is 11.6. The fraction of sp³-hybridized carbons (Fsp3) is 0.231. The minimum absolute atomic E-state index is 0.00942. The lowest BCUT2D eigenvalue weighted by atomic mass is 10.2. The van der Waals surface area contributed by atoms with Gasteiger partial charge in [-0.05, 0) is 22.0 Å². The highest BCUT2D eigenvalue weighted by Crippen LogP contribution is 2.28. The largest absolute Gasteiger partial charge is 0.452 e. The van der Waals surface area contributed by atoms with Crippen molar-refractivity contribution in [2.45, 2.75) is 18.0 Å². The van der Waals surface area contributed by atoms with Gasteiger partial charge in [-0.15, -0.1) is 0 Å². The summed E-state index contributed by atoms with van der Waals surface area (Å²) in [6.07, 6.45) is 0. The van der Waals surface area contributed by atoms with Crippen molar-refractivity contribution in [2.75, 3.05) is 11.8 Å². The zero-order chi connectivity index (χ0) is 15.5. The molecule has 3 N–H and O–H groups in total. The van der Waals surface area contributed by atoms with Gasteiger partial charge in [-0.3, -0.25) is 4.72 Å². The molecule has 1 aromatic heterocycles. The maximum absolute atomic E-state index is 12.4. The lowest BCUT2D eigenvalue weighted by Crippen LogP contribution is -2.14. The molecular formula is C13H15BrN2O4S. The Morgan fingerprint density at radius 3 is 2.71 bits per heavy atom. The van der Waals surface area contributed by atoms with Crippen LogP contribution >= 0.6 is 15.9 Å². The molecule has 0 aliphatic rings. The van der Waals surface area contributed by atoms with Gasteiger partial charge in [0, 0.05) is 18.7 Å². The molecule has 8 heteroatoms. The Bertz CT molecular complexity index is 728. The van der Waals surface area contributed by atoms with E-state index in [4.69, 9.17) is 14.9 Å². The molecule has 2 rings (SSSR count). The predicted molar refractivity (Wildman–Crippen MR) is 82.3 cm³/mol. The van der Waals surface area contributed by atoms with Crippen LogP contribution in [-0.2, 0) is 27.9 Å². The Hall–Kier alpha value is -1.35. The molecule has 0 unspecified atom stereocenters. The molecule has 0 saturated carbocycles. The van der Waals surface area contributed by atoms with Gasteiger partial charge in [0.15, 0.2) is 4.67 Å². The van der Waals surface area contributed by atoms with Crippen LogP contribution in [0.5, 0.6) is 0 Å². The molecule has 114 valence electrons. The number of para-hydroxylation sites is 1. The third-order valence-electron chi connectivity index (χ3n) is 2.76. The summed E-state index contributed by atoms with van der Waals surface area (Å²) < 4.78 is 37.8. The maximum atomic E-state index is 12.4. The van der Waals surface area contributed by atoms with Crippen LogP contribution in [0.15, 0.2) is 44.3 Å². The van der Waals surface area contributed by atoms with E-state index in [1.54, 1.807) is 25.3 Å². The number of anilines is 1. The van der Waals surface area contributed by atoms with Crippen molar-refractivity contribution < 1.29 is 17.6 Å². The molecule has 0 radical (unpaired) electrons. The Kier molecular flexibility index (Phi) is 5.04. The van der Waals surface area contributed by atoms with E-state index in [0.29, 0.717) is 18.1 Å². The van der Waals surface area contributed by atoms with E-state index in [2.05, 4.69) is 20.7 Å². The second-order valence-electron chi connectivity index (χ2n) is 4.25. The van der Waals surface area contributed by atoms with Crippen LogP contribution in [0.1, 0.15) is 11.3 Å². The van der Waals surface area contributed by atoms with Crippen molar-refractivity contribution in [2.24, 2.45) is 5.73 Å². The summed E-state index contributed by atoms with van der Waals surface area (Å²) in [7, 11) is -2.23. The lowest BCUT2D eigenvalue weighted by Gasteiger charge is -2.11. The minimum Gasteiger partial charge on any atom is -0.452 e. The molecule has 21 heavy (non-hydrogen) atoms. The Morgan fingerprint density at radius 1 is 1.38 bits per heavy atom. The van der Waals surface area contributed by atoms with Gasteiger partial charge in [-0.2, -0.15) is 0 Å². The van der Waals surface area contributed by atoms with Crippen molar-refractivity contribution in [3.8, 4) is 0 Å². The summed E-state index contributed by atoms with van der Waals surface area (Å²) >= 11 is 3.09. The number of benzene rings is 1. The molecule has 1 aromatic carbocycles. The molecule has 2 aromatic rings. The van der Waals surface area contributed by atoms with Gasteiger partial charge in [0.25, 0.3) is 10.0 Å². The summed E-state index contributed by atoms with van der Waals surface area (Å²) in [6, 6.07) is 8.41. The Labute approximate surface area is 131 Å². The van der Waals surface area contributed by atoms with Gasteiger partial charge in [0.05, 0.1) is 18.8 Å². The van der Waals surface area contributed by atoms with Gasteiger partial charge in [0.2, 0.25) is 0 Å². The van der Waals surface area contributed by atoms with Crippen molar-refractivity contribution in [1.82, 2.24) is 0 Å². The van der Waals surface area contributed by atoms with E-state index < -0.39 is 10.0 Å². The number of rotatable bonds is 6. The fourth-order valence-corrected chi connectivity index (χ4v) is 3.88. The molecule has 0 spiro atoms. The number of nitrogens with one attached hydrogen (secondary N) is 1. The smallest absolute Gasteiger partial charge is 0.266 e. The molecule has 0 saturated heterocycles. The quantitative estimate of drug-likeness (QED) is 0.809. The molecule has 0 atom stereocenters. The standard InChI is InChI=1S/C13H15BrN2O4S/c1-19-8-9-4-2-3-5-11(9)16-21(17,18)12-6-10(7-15)20-13(12)14/h2-6,16H,7-8,15H2,1H3. The van der Waals surface area contributed by atoms with Crippen LogP contribution in [0.4, 0.5) is 5.69 Å². The number of sulfonamides is 1. The number of nitrogens with two attached hydrogens (primary N) is 1. The number of methoxy groups -OCH3 is 1. The SMILES string of the molecule is COCc1ccccc1NS(=O)(=O)c1cc(CN)oc1Br. The number of halogens is 1. The van der Waals surface area contributed by atoms with Crippen molar-refractivity contribution in [3.63, 3.8) is 0 Å². The van der Waals surface area contributed by atoms with Gasteiger partial charge >= 0.3 is 0 Å². The summed E-state index contributed by atoms with van der Waals surface area (Å²) in [4.78, 5) is 0.00942. The third kappa shape index (κ3) is 3.65. The summed E-state index contributed by atoms with van der Waals surface area (Å²) in [5.74, 6) is 0.382. The third-order valence-corrected chi connectivity index (χ3v) is 4.98. The van der Waals surface area contributed by atoms with E-state index in [0.717, 1.165) is 5.56 Å². The Morgan fingerprint density at radius 2 is 2.10 bits per heavy atom. The van der Waals surface area contributed by atoms with Crippen molar-refractivity contribution in [3.05, 3.63) is 46.3 Å². The topological polar surface area (TPSA) is 94.6 Å². The van der Waals surface area contributed by atoms with Crippen LogP contribution in [-0.4, -0.2) is 15.5 Å². The van der Waals surface area contributed by atoms with E-state index in [1.807, 2.05) is 6.07 Å². The minimum atomic E-state index is -3.78. The summed E-state index contributed by atoms with van der Waals surface area (Å²) in [5.41, 5.74) is 6.64. The van der Waals surface area contributed by atoms with Crippen LogP contribution in [0.25, 0.3) is 0 Å². The summed E-state index contributed by atoms with van der Waals surface area (Å²) in [5, 5.41) is 0. The van der Waals surface area contributed by atoms with Crippen LogP contribution in [0, 0.1) is 0 Å². The van der Waals surface area contributed by atoms with E-state index in [1.165, 1.54) is 6.07 Å². The predicted octanol–water partition coefficient (Wildman–Crippen LogP) is 2.45. The lowest BCUT2D eigenvalue weighted by molar-refractivity contribution is 0.185. The summed E-state index contributed by atoms with van der Waals surface area (Å²) in [6.45, 7) is 0.424. The average Bonchev–Trinajstić information content (AvgIpc) is 2.83. The molecule has 0 amide bonds. The molecular weight excluding hydrogens is 360 g/mol. The van der Waals surface area contributed by atoms with Crippen LogP contribution in [0.3, 0.4) is 0 Å². The molecule has 0 fully saturated rings. The molecule has 0 aliphatic heterocycles. The second-order valence-corrected chi connectivity index (χ2v) is 6.62. The first-order valence-electron chi connectivity index (χ1n) is 6.06. The molecule has 0 bridgehead atoms. The number of hydrogen-bond donors (Lipinski definition) is 2. The van der Waals surface area contributed by atoms with E-state index >= 15 is 0 Å². The molecule has 0 aliphatic carbocycles. The van der Waals surface area contributed by atoms with Crippen LogP contribution < -0.4 is 10.5 Å². The van der Waals surface area contributed by atoms with E-state index in [9.17, 15) is 8.42 Å². The van der Waals surface area contributed by atoms with E-state index in [-0.39, 0.29) is 16.1 Å². The second kappa shape index (κ2) is 6.61. The van der Waals surface area contributed by atoms with Crippen LogP contribution in [0.2, 0.25) is 0 Å². The van der Waals surface area contributed by atoms with Gasteiger partial charge in [-0.25, -0.2) is 8.42 Å². The zero-order valence-corrected chi connectivity index (χ0v) is 13.7. The first-order valence-corrected chi connectivity index (χ1v) is 8.33. The first-order chi connectivity index (χ1) is 9.97. The van der Waals surface area contributed by atoms with Gasteiger partial charge in [-0.1, -0.05) is 18.2 Å². The monoisotopic (exact) mass is 374 g/mol. The Balaban J connectivity index is 2.35. The molecule has 1 heterocycles. The fourth-order valence-electron chi connectivity index (χ4n) is 1.78. The van der Waals surface area contributed by atoms with Gasteiger partial charge < -0.3 is 14.9 Å². The zero-order valence-electron chi connectivity index (χ0n) is 11.3.